The molecule has 5 heteroatoms. The van der Waals surface area contributed by atoms with E-state index in [-0.39, 0.29) is 6.61 Å². The quantitative estimate of drug-likeness (QED) is 0.591. The molecule has 1 atom stereocenters. The summed E-state index contributed by atoms with van der Waals surface area (Å²) in [5.41, 5.74) is 3.69. The molecule has 1 fully saturated rings. The van der Waals surface area contributed by atoms with Crippen molar-refractivity contribution in [2.24, 2.45) is 5.92 Å². The van der Waals surface area contributed by atoms with Crippen LogP contribution in [0.5, 0.6) is 0 Å². The van der Waals surface area contributed by atoms with Gasteiger partial charge in [-0.2, -0.15) is 0 Å². The van der Waals surface area contributed by atoms with Crippen LogP contribution in [-0.2, 0) is 9.63 Å². The Bertz CT molecular complexity index is 252. The number of nitrogens with one attached hydrogen (secondary N) is 1. The molecule has 5 nitrogen and oxygen atoms in total. The molecule has 0 aromatic heterocycles. The Morgan fingerprint density at radius 2 is 2.69 bits per heavy atom. The van der Waals surface area contributed by atoms with Gasteiger partial charge in [-0.25, -0.2) is 4.79 Å². The predicted octanol–water partition coefficient (Wildman–Crippen LogP) is -0.231. The van der Waals surface area contributed by atoms with Crippen LogP contribution in [-0.4, -0.2) is 35.7 Å². The summed E-state index contributed by atoms with van der Waals surface area (Å²) in [6, 6.07) is 0. The number of fused-ring (bicyclic) bond motifs is 2. The first-order valence-electron chi connectivity index (χ1n) is 4.31. The summed E-state index contributed by atoms with van der Waals surface area (Å²) >= 11 is 0. The molecule has 13 heavy (non-hydrogen) atoms. The molecule has 0 aliphatic carbocycles. The summed E-state index contributed by atoms with van der Waals surface area (Å²) in [5, 5.41) is 8.32. The Morgan fingerprint density at radius 1 is 1.85 bits per heavy atom. The van der Waals surface area contributed by atoms with E-state index in [2.05, 4.69) is 10.4 Å². The molecule has 2 aliphatic heterocycles. The number of aliphatic carboxylic acids is 1. The second-order valence-corrected chi connectivity index (χ2v) is 3.35. The van der Waals surface area contributed by atoms with Gasteiger partial charge in [0.25, 0.3) is 0 Å². The Labute approximate surface area is 75.9 Å². The van der Waals surface area contributed by atoms with Gasteiger partial charge in [0.15, 0.2) is 6.61 Å². The first kappa shape index (κ1) is 8.37. The summed E-state index contributed by atoms with van der Waals surface area (Å²) in [7, 11) is 0. The zero-order chi connectivity index (χ0) is 9.26. The zero-order valence-electron chi connectivity index (χ0n) is 7.19. The number of carboxylic acid groups (broad SMARTS) is 1. The summed E-state index contributed by atoms with van der Waals surface area (Å²) in [6.07, 6.45) is 3.13. The average Bonchev–Trinajstić information content (AvgIpc) is 2.64. The van der Waals surface area contributed by atoms with Crippen LogP contribution in [0.4, 0.5) is 0 Å². The second-order valence-electron chi connectivity index (χ2n) is 3.35. The Morgan fingerprint density at radius 3 is 3.23 bits per heavy atom. The van der Waals surface area contributed by atoms with Crippen molar-refractivity contribution >= 4 is 5.97 Å². The van der Waals surface area contributed by atoms with Crippen LogP contribution in [0.25, 0.3) is 0 Å². The van der Waals surface area contributed by atoms with Gasteiger partial charge in [0.05, 0.1) is 5.70 Å². The van der Waals surface area contributed by atoms with Crippen LogP contribution >= 0.6 is 0 Å². The van der Waals surface area contributed by atoms with Gasteiger partial charge in [-0.05, 0) is 6.42 Å². The third kappa shape index (κ3) is 1.75. The molecular formula is C8H12N2O3. The fourth-order valence-corrected chi connectivity index (χ4v) is 1.75. The fourth-order valence-electron chi connectivity index (χ4n) is 1.75. The van der Waals surface area contributed by atoms with Gasteiger partial charge in [0.1, 0.15) is 0 Å². The van der Waals surface area contributed by atoms with Crippen molar-refractivity contribution in [3.63, 3.8) is 0 Å². The van der Waals surface area contributed by atoms with Crippen LogP contribution in [0.15, 0.2) is 11.9 Å². The topological polar surface area (TPSA) is 61.8 Å². The van der Waals surface area contributed by atoms with Crippen molar-refractivity contribution < 1.29 is 14.7 Å². The molecule has 72 valence electrons. The van der Waals surface area contributed by atoms with Crippen molar-refractivity contribution in [1.29, 1.82) is 0 Å². The first-order chi connectivity index (χ1) is 6.25. The van der Waals surface area contributed by atoms with Gasteiger partial charge >= 0.3 is 5.97 Å². The van der Waals surface area contributed by atoms with Gasteiger partial charge in [0.2, 0.25) is 0 Å². The van der Waals surface area contributed by atoms with Crippen molar-refractivity contribution in [3.05, 3.63) is 11.9 Å². The van der Waals surface area contributed by atoms with Crippen molar-refractivity contribution in [3.8, 4) is 0 Å². The summed E-state index contributed by atoms with van der Waals surface area (Å²) < 4.78 is 0. The van der Waals surface area contributed by atoms with E-state index in [0.717, 1.165) is 25.2 Å². The highest BCUT2D eigenvalue weighted by Gasteiger charge is 2.30. The molecule has 2 rings (SSSR count). The smallest absolute Gasteiger partial charge is 0.332 e. The number of hydrogen-bond acceptors (Lipinski definition) is 4. The molecule has 2 aliphatic rings. The number of carboxylic acids is 1. The van der Waals surface area contributed by atoms with E-state index >= 15 is 0 Å². The standard InChI is InChI=1S/C8H12N2O3/c11-8(12)5-13-9-7-4-10-2-1-6(7)3-10/h4,6,9H,1-3,5H2,(H,11,12). The minimum atomic E-state index is -0.962. The molecule has 1 unspecified atom stereocenters. The van der Waals surface area contributed by atoms with E-state index in [1.807, 2.05) is 6.20 Å². The molecule has 1 saturated heterocycles. The largest absolute Gasteiger partial charge is 0.479 e. The zero-order valence-corrected chi connectivity index (χ0v) is 7.19. The first-order valence-corrected chi connectivity index (χ1v) is 4.31. The molecule has 0 amide bonds. The van der Waals surface area contributed by atoms with Crippen LogP contribution in [0.2, 0.25) is 0 Å². The van der Waals surface area contributed by atoms with Crippen molar-refractivity contribution in [2.45, 2.75) is 6.42 Å². The van der Waals surface area contributed by atoms with Gasteiger partial charge in [0, 0.05) is 25.2 Å². The molecule has 0 radical (unpaired) electrons. The Kier molecular flexibility index (Phi) is 2.10. The number of nitrogens with zero attached hydrogens (tertiary/aromatic N) is 1. The normalized spacial score (nSPS) is 24.8. The lowest BCUT2D eigenvalue weighted by Gasteiger charge is -2.14. The second kappa shape index (κ2) is 3.26. The fraction of sp³-hybridized carbons (Fsp3) is 0.625. The molecule has 2 N–H and O–H groups in total. The average molecular weight is 184 g/mol. The lowest BCUT2D eigenvalue weighted by molar-refractivity contribution is -0.144. The lowest BCUT2D eigenvalue weighted by Crippen LogP contribution is -2.23. The van der Waals surface area contributed by atoms with E-state index in [9.17, 15) is 4.79 Å². The molecule has 2 bridgehead atoms. The molecule has 0 saturated carbocycles. The Hall–Kier alpha value is -1.23. The van der Waals surface area contributed by atoms with E-state index in [4.69, 9.17) is 9.94 Å². The number of carbonyl (C=O) groups is 1. The van der Waals surface area contributed by atoms with E-state index in [0.29, 0.717) is 5.92 Å². The van der Waals surface area contributed by atoms with E-state index in [1.165, 1.54) is 0 Å². The number of hydroxylamine groups is 1. The van der Waals surface area contributed by atoms with Crippen molar-refractivity contribution in [2.75, 3.05) is 19.7 Å². The molecule has 0 spiro atoms. The molecule has 2 heterocycles. The molecule has 0 aromatic carbocycles. The SMILES string of the molecule is O=C(O)CONC1=CN2CCC1C2. The van der Waals surface area contributed by atoms with E-state index < -0.39 is 5.97 Å². The van der Waals surface area contributed by atoms with Crippen LogP contribution in [0, 0.1) is 5.92 Å². The Balaban J connectivity index is 1.77. The third-order valence-electron chi connectivity index (χ3n) is 2.37. The third-order valence-corrected chi connectivity index (χ3v) is 2.37. The number of hydrogen-bond donors (Lipinski definition) is 2. The van der Waals surface area contributed by atoms with Crippen LogP contribution in [0.3, 0.4) is 0 Å². The minimum Gasteiger partial charge on any atom is -0.479 e. The van der Waals surface area contributed by atoms with Gasteiger partial charge in [-0.3, -0.25) is 10.3 Å². The monoisotopic (exact) mass is 184 g/mol. The summed E-state index contributed by atoms with van der Waals surface area (Å²) in [5.74, 6) is -0.453. The summed E-state index contributed by atoms with van der Waals surface area (Å²) in [6.45, 7) is 1.84. The maximum atomic E-state index is 10.1. The number of rotatable bonds is 4. The molecule has 0 aromatic rings. The van der Waals surface area contributed by atoms with Crippen LogP contribution in [0.1, 0.15) is 6.42 Å². The van der Waals surface area contributed by atoms with Gasteiger partial charge in [-0.1, -0.05) is 0 Å². The van der Waals surface area contributed by atoms with Crippen molar-refractivity contribution in [1.82, 2.24) is 10.4 Å². The van der Waals surface area contributed by atoms with Gasteiger partial charge in [-0.15, -0.1) is 0 Å². The highest BCUT2D eigenvalue weighted by atomic mass is 16.7. The summed E-state index contributed by atoms with van der Waals surface area (Å²) in [4.78, 5) is 17.1. The minimum absolute atomic E-state index is 0.302. The molecular weight excluding hydrogens is 172 g/mol. The van der Waals surface area contributed by atoms with E-state index in [1.54, 1.807) is 0 Å². The lowest BCUT2D eigenvalue weighted by atomic mass is 10.1. The highest BCUT2D eigenvalue weighted by Crippen LogP contribution is 2.29. The van der Waals surface area contributed by atoms with Gasteiger partial charge < -0.3 is 10.0 Å². The predicted molar refractivity (Wildman–Crippen MR) is 44.5 cm³/mol. The van der Waals surface area contributed by atoms with Crippen LogP contribution < -0.4 is 5.48 Å². The highest BCUT2D eigenvalue weighted by molar-refractivity contribution is 5.67. The maximum Gasteiger partial charge on any atom is 0.332 e. The maximum absolute atomic E-state index is 10.1.